The van der Waals surface area contributed by atoms with Gasteiger partial charge in [-0.15, -0.1) is 0 Å². The molecule has 0 bridgehead atoms. The summed E-state index contributed by atoms with van der Waals surface area (Å²) < 4.78 is 28.1. The highest BCUT2D eigenvalue weighted by molar-refractivity contribution is 7.89. The van der Waals surface area contributed by atoms with Gasteiger partial charge in [0.05, 0.1) is 11.4 Å². The smallest absolute Gasteiger partial charge is 0.254 e. The average Bonchev–Trinajstić information content (AvgIpc) is 2.90. The van der Waals surface area contributed by atoms with Crippen LogP contribution in [-0.4, -0.2) is 74.1 Å². The number of rotatable bonds is 8. The van der Waals surface area contributed by atoms with E-state index in [-0.39, 0.29) is 22.9 Å². The second-order valence-electron chi connectivity index (χ2n) is 9.27. The first-order valence-corrected chi connectivity index (χ1v) is 13.6. The number of likely N-dealkylation sites (N-methyl/N-ethyl adjacent to an activating group) is 1. The molecule has 0 spiro atoms. The molecule has 1 heterocycles. The molecule has 1 aliphatic rings. The normalized spacial score (nSPS) is 14.8. The summed E-state index contributed by atoms with van der Waals surface area (Å²) in [5.74, 6) is -0.763. The van der Waals surface area contributed by atoms with Gasteiger partial charge >= 0.3 is 0 Å². The summed E-state index contributed by atoms with van der Waals surface area (Å²) in [5.41, 5.74) is 3.14. The number of hydrogen-bond donors (Lipinski definition) is 1. The summed E-state index contributed by atoms with van der Waals surface area (Å²) in [7, 11) is -2.23. The van der Waals surface area contributed by atoms with Crippen molar-refractivity contribution >= 4 is 27.5 Å². The van der Waals surface area contributed by atoms with Crippen LogP contribution in [0.3, 0.4) is 0 Å². The molecule has 1 N–H and O–H groups in total. The third kappa shape index (κ3) is 6.82. The van der Waals surface area contributed by atoms with Crippen LogP contribution in [0.4, 0.5) is 5.69 Å². The molecule has 1 aliphatic heterocycles. The summed E-state index contributed by atoms with van der Waals surface area (Å²) in [6.45, 7) is 4.60. The first kappa shape index (κ1) is 26.5. The lowest BCUT2D eigenvalue weighted by molar-refractivity contribution is -0.116. The Bertz CT molecular complexity index is 1340. The highest BCUT2D eigenvalue weighted by Crippen LogP contribution is 2.20. The number of nitrogens with zero attached hydrogens (tertiary/aromatic N) is 3. The molecule has 0 aromatic heterocycles. The van der Waals surface area contributed by atoms with Gasteiger partial charge in [0, 0.05) is 51.0 Å². The van der Waals surface area contributed by atoms with E-state index in [1.807, 2.05) is 37.3 Å². The van der Waals surface area contributed by atoms with E-state index in [2.05, 4.69) is 22.3 Å². The third-order valence-corrected chi connectivity index (χ3v) is 8.26. The van der Waals surface area contributed by atoms with Crippen molar-refractivity contribution in [3.8, 4) is 0 Å². The van der Waals surface area contributed by atoms with Gasteiger partial charge in [-0.1, -0.05) is 54.1 Å². The molecule has 1 saturated heterocycles. The predicted octanol–water partition coefficient (Wildman–Crippen LogP) is 3.21. The van der Waals surface area contributed by atoms with Gasteiger partial charge in [0.1, 0.15) is 0 Å². The molecular formula is C28H32N4O4S. The van der Waals surface area contributed by atoms with Crippen molar-refractivity contribution in [2.75, 3.05) is 45.1 Å². The summed E-state index contributed by atoms with van der Waals surface area (Å²) in [6, 6.07) is 23.5. The zero-order chi connectivity index (χ0) is 26.4. The van der Waals surface area contributed by atoms with Crippen LogP contribution in [0.1, 0.15) is 21.5 Å². The minimum absolute atomic E-state index is 0.0763. The topological polar surface area (TPSA) is 90.0 Å². The van der Waals surface area contributed by atoms with E-state index >= 15 is 0 Å². The maximum absolute atomic E-state index is 13.3. The number of benzene rings is 3. The lowest BCUT2D eigenvalue weighted by Crippen LogP contribution is -2.48. The number of piperazine rings is 1. The lowest BCUT2D eigenvalue weighted by atomic mass is 10.2. The molecule has 0 unspecified atom stereocenters. The van der Waals surface area contributed by atoms with Gasteiger partial charge in [-0.2, -0.15) is 4.31 Å². The number of carbonyl (C=O) groups excluding carboxylic acids is 2. The van der Waals surface area contributed by atoms with E-state index in [9.17, 15) is 18.0 Å². The number of hydrogen-bond acceptors (Lipinski definition) is 5. The molecule has 2 amide bonds. The van der Waals surface area contributed by atoms with E-state index in [1.54, 1.807) is 24.3 Å². The summed E-state index contributed by atoms with van der Waals surface area (Å²) in [5, 5.41) is 2.76. The maximum Gasteiger partial charge on any atom is 0.254 e. The highest BCUT2D eigenvalue weighted by Gasteiger charge is 2.29. The molecule has 0 aliphatic carbocycles. The molecule has 0 radical (unpaired) electrons. The van der Waals surface area contributed by atoms with Crippen molar-refractivity contribution in [2.45, 2.75) is 18.4 Å². The van der Waals surface area contributed by atoms with Crippen molar-refractivity contribution in [3.05, 3.63) is 95.6 Å². The fraction of sp³-hybridized carbons (Fsp3) is 0.286. The van der Waals surface area contributed by atoms with E-state index < -0.39 is 15.9 Å². The minimum atomic E-state index is -3.75. The Morgan fingerprint density at radius 2 is 1.57 bits per heavy atom. The van der Waals surface area contributed by atoms with Gasteiger partial charge in [-0.25, -0.2) is 8.42 Å². The van der Waals surface area contributed by atoms with Gasteiger partial charge in [-0.05, 0) is 42.8 Å². The minimum Gasteiger partial charge on any atom is -0.332 e. The Morgan fingerprint density at radius 3 is 2.24 bits per heavy atom. The number of nitrogens with one attached hydrogen (secondary N) is 1. The first-order chi connectivity index (χ1) is 17.7. The quantitative estimate of drug-likeness (QED) is 0.493. The van der Waals surface area contributed by atoms with Crippen molar-refractivity contribution in [2.24, 2.45) is 0 Å². The molecule has 4 rings (SSSR count). The third-order valence-electron chi connectivity index (χ3n) is 6.36. The summed E-state index contributed by atoms with van der Waals surface area (Å²) in [4.78, 5) is 29.0. The Kier molecular flexibility index (Phi) is 8.38. The van der Waals surface area contributed by atoms with Gasteiger partial charge in [0.25, 0.3) is 5.91 Å². The van der Waals surface area contributed by atoms with E-state index in [0.29, 0.717) is 31.9 Å². The number of sulfonamides is 1. The predicted molar refractivity (Wildman–Crippen MR) is 144 cm³/mol. The van der Waals surface area contributed by atoms with Crippen molar-refractivity contribution in [1.82, 2.24) is 14.1 Å². The Balaban J connectivity index is 1.36. The number of carbonyl (C=O) groups is 2. The van der Waals surface area contributed by atoms with Crippen LogP contribution in [-0.2, 0) is 21.4 Å². The van der Waals surface area contributed by atoms with E-state index in [1.165, 1.54) is 33.9 Å². The molecule has 37 heavy (non-hydrogen) atoms. The van der Waals surface area contributed by atoms with Crippen LogP contribution in [0.5, 0.6) is 0 Å². The largest absolute Gasteiger partial charge is 0.332 e. The van der Waals surface area contributed by atoms with Crippen LogP contribution < -0.4 is 5.32 Å². The summed E-state index contributed by atoms with van der Waals surface area (Å²) >= 11 is 0. The van der Waals surface area contributed by atoms with Crippen LogP contribution >= 0.6 is 0 Å². The first-order valence-electron chi connectivity index (χ1n) is 12.2. The highest BCUT2D eigenvalue weighted by atomic mass is 32.2. The molecule has 1 fully saturated rings. The molecule has 9 heteroatoms. The van der Waals surface area contributed by atoms with Crippen LogP contribution in [0, 0.1) is 6.92 Å². The maximum atomic E-state index is 13.3. The molecule has 0 atom stereocenters. The molecule has 194 valence electrons. The van der Waals surface area contributed by atoms with Gasteiger partial charge < -0.3 is 10.2 Å². The Labute approximate surface area is 218 Å². The second kappa shape index (κ2) is 11.7. The van der Waals surface area contributed by atoms with Gasteiger partial charge in [0.2, 0.25) is 15.9 Å². The number of aryl methyl sites for hydroxylation is 1. The van der Waals surface area contributed by atoms with Crippen molar-refractivity contribution in [3.63, 3.8) is 0 Å². The zero-order valence-electron chi connectivity index (χ0n) is 21.1. The number of amides is 2. The molecule has 3 aromatic rings. The monoisotopic (exact) mass is 520 g/mol. The molecule has 3 aromatic carbocycles. The van der Waals surface area contributed by atoms with E-state index in [0.717, 1.165) is 12.1 Å². The lowest BCUT2D eigenvalue weighted by Gasteiger charge is -2.34. The average molecular weight is 521 g/mol. The molecule has 0 saturated carbocycles. The fourth-order valence-corrected chi connectivity index (χ4v) is 5.72. The van der Waals surface area contributed by atoms with Gasteiger partial charge in [-0.3, -0.25) is 14.5 Å². The SMILES string of the molecule is Cc1ccc(NC(=O)CN(C)C(=O)c2cccc(S(=O)(=O)N3CCN(Cc4ccccc4)CC3)c2)cc1. The van der Waals surface area contributed by atoms with Crippen LogP contribution in [0.25, 0.3) is 0 Å². The van der Waals surface area contributed by atoms with Crippen LogP contribution in [0.2, 0.25) is 0 Å². The fourth-order valence-electron chi connectivity index (χ4n) is 4.25. The van der Waals surface area contributed by atoms with Crippen molar-refractivity contribution < 1.29 is 18.0 Å². The zero-order valence-corrected chi connectivity index (χ0v) is 21.9. The standard InChI is InChI=1S/C28H32N4O4S/c1-22-11-13-25(14-12-22)29-27(33)21-30(2)28(34)24-9-6-10-26(19-24)37(35,36)32-17-15-31(16-18-32)20-23-7-4-3-5-8-23/h3-14,19H,15-18,20-21H2,1-2H3,(H,29,33). The Morgan fingerprint density at radius 1 is 0.892 bits per heavy atom. The van der Waals surface area contributed by atoms with Crippen molar-refractivity contribution in [1.29, 1.82) is 0 Å². The van der Waals surface area contributed by atoms with Gasteiger partial charge in [0.15, 0.2) is 0 Å². The Hall–Kier alpha value is -3.53. The van der Waals surface area contributed by atoms with Crippen LogP contribution in [0.15, 0.2) is 83.8 Å². The molecular weight excluding hydrogens is 488 g/mol. The second-order valence-corrected chi connectivity index (χ2v) is 11.2. The molecule has 8 nitrogen and oxygen atoms in total. The summed E-state index contributed by atoms with van der Waals surface area (Å²) in [6.07, 6.45) is 0. The van der Waals surface area contributed by atoms with E-state index in [4.69, 9.17) is 0 Å². The number of anilines is 1.